The van der Waals surface area contributed by atoms with E-state index in [1.807, 2.05) is 56.3 Å². The molecule has 4 rings (SSSR count). The van der Waals surface area contributed by atoms with Crippen LogP contribution >= 0.6 is 0 Å². The summed E-state index contributed by atoms with van der Waals surface area (Å²) in [7, 11) is 0. The fraction of sp³-hybridized carbons (Fsp3) is 0.250. The van der Waals surface area contributed by atoms with Crippen molar-refractivity contribution in [2.24, 2.45) is 0 Å². The van der Waals surface area contributed by atoms with Gasteiger partial charge in [-0.2, -0.15) is 4.98 Å². The summed E-state index contributed by atoms with van der Waals surface area (Å²) in [5, 5.41) is 4.09. The van der Waals surface area contributed by atoms with Gasteiger partial charge in [0.1, 0.15) is 11.3 Å². The lowest BCUT2D eigenvalue weighted by Gasteiger charge is -2.03. The third kappa shape index (κ3) is 3.31. The van der Waals surface area contributed by atoms with Gasteiger partial charge in [0, 0.05) is 12.0 Å². The van der Waals surface area contributed by atoms with E-state index in [4.69, 9.17) is 13.7 Å². The zero-order valence-electron chi connectivity index (χ0n) is 14.7. The van der Waals surface area contributed by atoms with Crippen LogP contribution in [-0.4, -0.2) is 21.7 Å². The Morgan fingerprint density at radius 1 is 0.962 bits per heavy atom. The molecule has 132 valence electrons. The van der Waals surface area contributed by atoms with Crippen LogP contribution < -0.4 is 4.74 Å². The fourth-order valence-electron chi connectivity index (χ4n) is 2.75. The van der Waals surface area contributed by atoms with E-state index < -0.39 is 0 Å². The Bertz CT molecular complexity index is 1020. The summed E-state index contributed by atoms with van der Waals surface area (Å²) >= 11 is 0. The highest BCUT2D eigenvalue weighted by Crippen LogP contribution is 2.24. The molecule has 6 heteroatoms. The number of nitrogens with zero attached hydrogens (tertiary/aromatic N) is 3. The second-order valence-electron chi connectivity index (χ2n) is 5.91. The second-order valence-corrected chi connectivity index (χ2v) is 5.91. The Morgan fingerprint density at radius 3 is 2.58 bits per heavy atom. The molecular weight excluding hydrogens is 330 g/mol. The van der Waals surface area contributed by atoms with E-state index in [-0.39, 0.29) is 0 Å². The van der Waals surface area contributed by atoms with Crippen LogP contribution in [0.4, 0.5) is 0 Å². The van der Waals surface area contributed by atoms with Crippen molar-refractivity contribution in [2.75, 3.05) is 6.61 Å². The quantitative estimate of drug-likeness (QED) is 0.513. The molecule has 2 aromatic carbocycles. The molecule has 0 spiro atoms. The molecule has 0 aliphatic heterocycles. The van der Waals surface area contributed by atoms with E-state index in [1.54, 1.807) is 0 Å². The normalized spacial score (nSPS) is 11.2. The predicted molar refractivity (Wildman–Crippen MR) is 97.1 cm³/mol. The number of fused-ring (bicyclic) bond motifs is 1. The number of aryl methyl sites for hydroxylation is 1. The third-order valence-corrected chi connectivity index (χ3v) is 4.05. The molecule has 6 nitrogen and oxygen atoms in total. The first-order valence-corrected chi connectivity index (χ1v) is 8.69. The molecule has 0 aliphatic rings. The number of oxazole rings is 1. The van der Waals surface area contributed by atoms with Crippen LogP contribution in [0, 0.1) is 0 Å². The molecule has 0 fully saturated rings. The molecule has 0 radical (unpaired) electrons. The highest BCUT2D eigenvalue weighted by atomic mass is 16.5. The maximum absolute atomic E-state index is 5.63. The summed E-state index contributed by atoms with van der Waals surface area (Å²) in [5.74, 6) is 2.70. The molecule has 0 saturated carbocycles. The molecule has 2 aromatic heterocycles. The van der Waals surface area contributed by atoms with Crippen molar-refractivity contribution < 1.29 is 13.7 Å². The summed E-state index contributed by atoms with van der Waals surface area (Å²) in [6.45, 7) is 4.63. The topological polar surface area (TPSA) is 74.2 Å². The van der Waals surface area contributed by atoms with Crippen LogP contribution in [0.2, 0.25) is 0 Å². The molecule has 0 amide bonds. The number of hydrogen-bond acceptors (Lipinski definition) is 6. The average molecular weight is 349 g/mol. The minimum Gasteiger partial charge on any atom is -0.494 e. The number of ether oxygens (including phenoxy) is 1. The maximum atomic E-state index is 5.63. The summed E-state index contributed by atoms with van der Waals surface area (Å²) < 4.78 is 16.5. The standard InChI is InChI=1S/C20H19N3O3/c1-3-18-21-16-12-14(7-10-17(16)25-18)20-22-19(26-23-20)11-13-5-8-15(9-6-13)24-4-2/h5-10,12H,3-4,11H2,1-2H3. The lowest BCUT2D eigenvalue weighted by Crippen LogP contribution is -1.92. The number of benzene rings is 2. The van der Waals surface area contributed by atoms with Crippen molar-refractivity contribution in [2.45, 2.75) is 26.7 Å². The van der Waals surface area contributed by atoms with Crippen molar-refractivity contribution in [1.82, 2.24) is 15.1 Å². The SMILES string of the molecule is CCOc1ccc(Cc2nc(-c3ccc4oc(CC)nc4c3)no2)cc1. The van der Waals surface area contributed by atoms with Gasteiger partial charge in [-0.15, -0.1) is 0 Å². The van der Waals surface area contributed by atoms with Gasteiger partial charge in [-0.3, -0.25) is 0 Å². The Balaban J connectivity index is 1.53. The maximum Gasteiger partial charge on any atom is 0.231 e. The van der Waals surface area contributed by atoms with E-state index in [0.29, 0.717) is 24.7 Å². The van der Waals surface area contributed by atoms with Gasteiger partial charge >= 0.3 is 0 Å². The zero-order chi connectivity index (χ0) is 17.9. The molecule has 0 bridgehead atoms. The van der Waals surface area contributed by atoms with E-state index in [0.717, 1.165) is 40.3 Å². The Kier molecular flexibility index (Phi) is 4.39. The smallest absolute Gasteiger partial charge is 0.231 e. The first kappa shape index (κ1) is 16.3. The van der Waals surface area contributed by atoms with E-state index >= 15 is 0 Å². The molecular formula is C20H19N3O3. The highest BCUT2D eigenvalue weighted by Gasteiger charge is 2.12. The largest absolute Gasteiger partial charge is 0.494 e. The molecule has 0 N–H and O–H groups in total. The zero-order valence-corrected chi connectivity index (χ0v) is 14.7. The first-order valence-electron chi connectivity index (χ1n) is 8.69. The van der Waals surface area contributed by atoms with Crippen molar-refractivity contribution in [3.63, 3.8) is 0 Å². The minimum atomic E-state index is 0.550. The molecule has 0 aliphatic carbocycles. The first-order chi connectivity index (χ1) is 12.7. The summed E-state index contributed by atoms with van der Waals surface area (Å²) in [6.07, 6.45) is 1.34. The molecule has 2 heterocycles. The Hall–Kier alpha value is -3.15. The van der Waals surface area contributed by atoms with Gasteiger partial charge in [-0.1, -0.05) is 24.2 Å². The van der Waals surface area contributed by atoms with Crippen molar-refractivity contribution in [3.8, 4) is 17.1 Å². The van der Waals surface area contributed by atoms with Gasteiger partial charge in [0.15, 0.2) is 11.5 Å². The summed E-state index contributed by atoms with van der Waals surface area (Å²) in [6, 6.07) is 13.6. The second kappa shape index (κ2) is 7.00. The van der Waals surface area contributed by atoms with E-state index in [9.17, 15) is 0 Å². The molecule has 0 unspecified atom stereocenters. The van der Waals surface area contributed by atoms with E-state index in [1.165, 1.54) is 0 Å². The lowest BCUT2D eigenvalue weighted by molar-refractivity contribution is 0.340. The Morgan fingerprint density at radius 2 is 1.81 bits per heavy atom. The molecule has 26 heavy (non-hydrogen) atoms. The van der Waals surface area contributed by atoms with Crippen molar-refractivity contribution in [1.29, 1.82) is 0 Å². The van der Waals surface area contributed by atoms with Crippen molar-refractivity contribution in [3.05, 3.63) is 59.8 Å². The molecule has 0 saturated heterocycles. The predicted octanol–water partition coefficient (Wildman–Crippen LogP) is 4.43. The third-order valence-electron chi connectivity index (χ3n) is 4.05. The fourth-order valence-corrected chi connectivity index (χ4v) is 2.75. The highest BCUT2D eigenvalue weighted by molar-refractivity contribution is 5.78. The average Bonchev–Trinajstić information content (AvgIpc) is 3.29. The van der Waals surface area contributed by atoms with Gasteiger partial charge < -0.3 is 13.7 Å². The van der Waals surface area contributed by atoms with Crippen LogP contribution in [0.15, 0.2) is 51.4 Å². The molecule has 4 aromatic rings. The number of rotatable bonds is 6. The monoisotopic (exact) mass is 349 g/mol. The number of aromatic nitrogens is 3. The minimum absolute atomic E-state index is 0.550. The number of hydrogen-bond donors (Lipinski definition) is 0. The van der Waals surface area contributed by atoms with Gasteiger partial charge in [0.05, 0.1) is 13.0 Å². The van der Waals surface area contributed by atoms with E-state index in [2.05, 4.69) is 15.1 Å². The molecule has 0 atom stereocenters. The van der Waals surface area contributed by atoms with Gasteiger partial charge in [0.2, 0.25) is 11.7 Å². The van der Waals surface area contributed by atoms with Crippen molar-refractivity contribution >= 4 is 11.1 Å². The summed E-state index contributed by atoms with van der Waals surface area (Å²) in [4.78, 5) is 8.95. The van der Waals surface area contributed by atoms with Crippen LogP contribution in [0.1, 0.15) is 31.2 Å². The van der Waals surface area contributed by atoms with Crippen LogP contribution in [0.3, 0.4) is 0 Å². The van der Waals surface area contributed by atoms with Crippen LogP contribution in [0.25, 0.3) is 22.5 Å². The lowest BCUT2D eigenvalue weighted by atomic mass is 10.1. The van der Waals surface area contributed by atoms with Gasteiger partial charge in [0.25, 0.3) is 0 Å². The summed E-state index contributed by atoms with van der Waals surface area (Å²) in [5.41, 5.74) is 3.51. The Labute approximate surface area is 150 Å². The van der Waals surface area contributed by atoms with Crippen LogP contribution in [0.5, 0.6) is 5.75 Å². The van der Waals surface area contributed by atoms with Gasteiger partial charge in [-0.05, 0) is 42.8 Å². The van der Waals surface area contributed by atoms with Crippen LogP contribution in [-0.2, 0) is 12.8 Å². The van der Waals surface area contributed by atoms with Gasteiger partial charge in [-0.25, -0.2) is 4.98 Å².